The standard InChI is InChI=1S/C26H31Cl2NO6/c1-33-21-5-3-18(23(27)13-21)11-20(12-19-4-6-22(34-2)14-24(19)28)17-7-9-29(10-8-17)25(30)15-35-16-26(31)32/h3-6,13-14,17,20H,7-12,15-16H2,1-2H3,(H,31,32). The summed E-state index contributed by atoms with van der Waals surface area (Å²) in [7, 11) is 3.23. The number of benzene rings is 2. The molecule has 0 spiro atoms. The van der Waals surface area contributed by atoms with Gasteiger partial charge in [0.1, 0.15) is 24.7 Å². The Balaban J connectivity index is 1.72. The van der Waals surface area contributed by atoms with E-state index in [-0.39, 0.29) is 18.4 Å². The van der Waals surface area contributed by atoms with Gasteiger partial charge in [0.25, 0.3) is 0 Å². The van der Waals surface area contributed by atoms with Crippen LogP contribution in [-0.2, 0) is 27.2 Å². The summed E-state index contributed by atoms with van der Waals surface area (Å²) in [5, 5.41) is 10.0. The number of rotatable bonds is 11. The van der Waals surface area contributed by atoms with Gasteiger partial charge in [-0.1, -0.05) is 35.3 Å². The van der Waals surface area contributed by atoms with Gasteiger partial charge in [-0.05, 0) is 72.9 Å². The van der Waals surface area contributed by atoms with Gasteiger partial charge in [-0.3, -0.25) is 4.79 Å². The number of nitrogens with zero attached hydrogens (tertiary/aromatic N) is 1. The van der Waals surface area contributed by atoms with Crippen LogP contribution >= 0.6 is 23.2 Å². The zero-order valence-corrected chi connectivity index (χ0v) is 21.5. The lowest BCUT2D eigenvalue weighted by Crippen LogP contribution is -2.42. The number of hydrogen-bond donors (Lipinski definition) is 1. The normalized spacial score (nSPS) is 14.3. The van der Waals surface area contributed by atoms with E-state index >= 15 is 0 Å². The van der Waals surface area contributed by atoms with Gasteiger partial charge in [0.2, 0.25) is 5.91 Å². The largest absolute Gasteiger partial charge is 0.497 e. The van der Waals surface area contributed by atoms with Crippen molar-refractivity contribution < 1.29 is 28.9 Å². The van der Waals surface area contributed by atoms with Crippen LogP contribution in [0.15, 0.2) is 36.4 Å². The molecule has 1 aliphatic rings. The number of aliphatic carboxylic acids is 1. The molecule has 0 aliphatic carbocycles. The molecule has 0 saturated carbocycles. The smallest absolute Gasteiger partial charge is 0.329 e. The molecule has 0 aromatic heterocycles. The number of carboxylic acid groups (broad SMARTS) is 1. The fraction of sp³-hybridized carbons (Fsp3) is 0.462. The van der Waals surface area contributed by atoms with Crippen LogP contribution in [0.5, 0.6) is 11.5 Å². The van der Waals surface area contributed by atoms with E-state index in [4.69, 9.17) is 42.5 Å². The average molecular weight is 524 g/mol. The number of halogens is 2. The van der Waals surface area contributed by atoms with E-state index in [1.165, 1.54) is 0 Å². The van der Waals surface area contributed by atoms with Crippen molar-refractivity contribution in [2.24, 2.45) is 11.8 Å². The van der Waals surface area contributed by atoms with Crippen LogP contribution in [0.4, 0.5) is 0 Å². The summed E-state index contributed by atoms with van der Waals surface area (Å²) in [6, 6.07) is 11.5. The minimum absolute atomic E-state index is 0.183. The van der Waals surface area contributed by atoms with E-state index in [0.717, 1.165) is 36.8 Å². The van der Waals surface area contributed by atoms with Crippen molar-refractivity contribution in [3.8, 4) is 11.5 Å². The van der Waals surface area contributed by atoms with Crippen molar-refractivity contribution >= 4 is 35.1 Å². The predicted molar refractivity (Wildman–Crippen MR) is 135 cm³/mol. The van der Waals surface area contributed by atoms with Gasteiger partial charge in [0.15, 0.2) is 0 Å². The number of hydrogen-bond acceptors (Lipinski definition) is 5. The third-order valence-corrected chi connectivity index (χ3v) is 7.20. The summed E-state index contributed by atoms with van der Waals surface area (Å²) in [5.74, 6) is 0.768. The fourth-order valence-corrected chi connectivity index (χ4v) is 5.04. The van der Waals surface area contributed by atoms with Crippen molar-refractivity contribution in [3.05, 3.63) is 57.6 Å². The third kappa shape index (κ3) is 7.75. The highest BCUT2D eigenvalue weighted by Crippen LogP contribution is 2.35. The van der Waals surface area contributed by atoms with Crippen LogP contribution in [0.2, 0.25) is 10.0 Å². The van der Waals surface area contributed by atoms with Gasteiger partial charge in [-0.15, -0.1) is 0 Å². The lowest BCUT2D eigenvalue weighted by molar-refractivity contribution is -0.146. The topological polar surface area (TPSA) is 85.3 Å². The van der Waals surface area contributed by atoms with Crippen LogP contribution in [0.1, 0.15) is 24.0 Å². The van der Waals surface area contributed by atoms with Crippen molar-refractivity contribution in [1.29, 1.82) is 0 Å². The second-order valence-electron chi connectivity index (χ2n) is 8.69. The third-order valence-electron chi connectivity index (χ3n) is 6.49. The molecule has 0 radical (unpaired) electrons. The van der Waals surface area contributed by atoms with Gasteiger partial charge in [-0.2, -0.15) is 0 Å². The maximum atomic E-state index is 12.4. The Morgan fingerprint density at radius 3 is 1.89 bits per heavy atom. The molecule has 1 amide bonds. The number of likely N-dealkylation sites (tertiary alicyclic amines) is 1. The van der Waals surface area contributed by atoms with Gasteiger partial charge in [-0.25, -0.2) is 4.79 Å². The van der Waals surface area contributed by atoms with Crippen molar-refractivity contribution in [3.63, 3.8) is 0 Å². The molecular weight excluding hydrogens is 493 g/mol. The maximum absolute atomic E-state index is 12.4. The Bertz CT molecular complexity index is 967. The fourth-order valence-electron chi connectivity index (χ4n) is 4.55. The zero-order valence-electron chi connectivity index (χ0n) is 20.0. The lowest BCUT2D eigenvalue weighted by Gasteiger charge is -2.36. The molecule has 1 fully saturated rings. The van der Waals surface area contributed by atoms with Crippen LogP contribution < -0.4 is 9.47 Å². The molecule has 3 rings (SSSR count). The second-order valence-corrected chi connectivity index (χ2v) is 9.50. The molecule has 1 N–H and O–H groups in total. The van der Waals surface area contributed by atoms with E-state index in [9.17, 15) is 9.59 Å². The Morgan fingerprint density at radius 2 is 1.46 bits per heavy atom. The summed E-state index contributed by atoms with van der Waals surface area (Å²) >= 11 is 13.1. The number of carboxylic acids is 1. The SMILES string of the molecule is COc1ccc(CC(Cc2ccc(OC)cc2Cl)C2CCN(C(=O)COCC(=O)O)CC2)c(Cl)c1. The quantitative estimate of drug-likeness (QED) is 0.457. The molecule has 2 aromatic carbocycles. The average Bonchev–Trinajstić information content (AvgIpc) is 2.85. The van der Waals surface area contributed by atoms with E-state index in [1.54, 1.807) is 19.1 Å². The molecule has 1 aliphatic heterocycles. The Kier molecular flexibility index (Phi) is 10.1. The summed E-state index contributed by atoms with van der Waals surface area (Å²) in [5.41, 5.74) is 2.09. The Hall–Kier alpha value is -2.48. The van der Waals surface area contributed by atoms with Gasteiger partial charge < -0.3 is 24.2 Å². The first kappa shape index (κ1) is 27.1. The molecular formula is C26H31Cl2NO6. The molecule has 9 heteroatoms. The number of carbonyl (C=O) groups excluding carboxylic acids is 1. The summed E-state index contributed by atoms with van der Waals surface area (Å²) < 4.78 is 15.5. The summed E-state index contributed by atoms with van der Waals surface area (Å²) in [4.78, 5) is 24.8. The predicted octanol–water partition coefficient (Wildman–Crippen LogP) is 4.75. The molecule has 0 bridgehead atoms. The molecule has 7 nitrogen and oxygen atoms in total. The zero-order chi connectivity index (χ0) is 25.4. The number of carbonyl (C=O) groups is 2. The highest BCUT2D eigenvalue weighted by molar-refractivity contribution is 6.31. The molecule has 35 heavy (non-hydrogen) atoms. The first-order chi connectivity index (χ1) is 16.8. The van der Waals surface area contributed by atoms with Crippen LogP contribution in [0.3, 0.4) is 0 Å². The first-order valence-electron chi connectivity index (χ1n) is 11.5. The van der Waals surface area contributed by atoms with Gasteiger partial charge >= 0.3 is 5.97 Å². The monoisotopic (exact) mass is 523 g/mol. The first-order valence-corrected chi connectivity index (χ1v) is 12.3. The second kappa shape index (κ2) is 13.0. The van der Waals surface area contributed by atoms with E-state index in [2.05, 4.69) is 0 Å². The number of amides is 1. The minimum atomic E-state index is -1.09. The summed E-state index contributed by atoms with van der Waals surface area (Å²) in [6.45, 7) is 0.505. The van der Waals surface area contributed by atoms with Crippen molar-refractivity contribution in [2.45, 2.75) is 25.7 Å². The Labute approximate surface area is 215 Å². The highest BCUT2D eigenvalue weighted by atomic mass is 35.5. The van der Waals surface area contributed by atoms with Crippen molar-refractivity contribution in [1.82, 2.24) is 4.90 Å². The molecule has 2 aromatic rings. The minimum Gasteiger partial charge on any atom is -0.497 e. The molecule has 0 unspecified atom stereocenters. The van der Waals surface area contributed by atoms with Gasteiger partial charge in [0.05, 0.1) is 14.2 Å². The van der Waals surface area contributed by atoms with Crippen LogP contribution in [0.25, 0.3) is 0 Å². The number of methoxy groups -OCH3 is 2. The lowest BCUT2D eigenvalue weighted by atomic mass is 9.77. The molecule has 1 saturated heterocycles. The van der Waals surface area contributed by atoms with E-state index < -0.39 is 12.6 Å². The van der Waals surface area contributed by atoms with E-state index in [1.807, 2.05) is 36.4 Å². The Morgan fingerprint density at radius 1 is 0.943 bits per heavy atom. The number of ether oxygens (including phenoxy) is 3. The maximum Gasteiger partial charge on any atom is 0.329 e. The highest BCUT2D eigenvalue weighted by Gasteiger charge is 2.30. The molecule has 0 atom stereocenters. The van der Waals surface area contributed by atoms with Crippen molar-refractivity contribution in [2.75, 3.05) is 40.5 Å². The van der Waals surface area contributed by atoms with Crippen LogP contribution in [0, 0.1) is 11.8 Å². The van der Waals surface area contributed by atoms with Gasteiger partial charge in [0, 0.05) is 23.1 Å². The molecule has 190 valence electrons. The van der Waals surface area contributed by atoms with E-state index in [0.29, 0.717) is 40.6 Å². The summed E-state index contributed by atoms with van der Waals surface area (Å²) in [6.07, 6.45) is 3.20. The number of piperidine rings is 1. The molecule has 1 heterocycles. The van der Waals surface area contributed by atoms with Crippen LogP contribution in [-0.4, -0.2) is 62.4 Å².